The Kier molecular flexibility index (Phi) is 8.34. The van der Waals surface area contributed by atoms with Crippen LogP contribution < -0.4 is 10.2 Å². The molecule has 1 amide bonds. The van der Waals surface area contributed by atoms with Gasteiger partial charge in [-0.1, -0.05) is 0 Å². The maximum absolute atomic E-state index is 12.8. The topological polar surface area (TPSA) is 69.0 Å². The number of amides is 1. The summed E-state index contributed by atoms with van der Waals surface area (Å²) in [4.78, 5) is 25.6. The van der Waals surface area contributed by atoms with Crippen LogP contribution in [0.5, 0.6) is 0 Å². The van der Waals surface area contributed by atoms with Crippen LogP contribution in [0.1, 0.15) is 24.3 Å². The molecule has 1 atom stereocenters. The van der Waals surface area contributed by atoms with Crippen molar-refractivity contribution in [1.29, 1.82) is 0 Å². The number of hydrogen-bond acceptors (Lipinski definition) is 5. The van der Waals surface area contributed by atoms with E-state index in [0.717, 1.165) is 50.8 Å². The average molecular weight is 558 g/mol. The number of nitrogens with zero attached hydrogens (tertiary/aromatic N) is 6. The van der Waals surface area contributed by atoms with Crippen molar-refractivity contribution in [1.82, 2.24) is 24.9 Å². The fraction of sp³-hybridized carbons (Fsp3) is 0.571. The molecule has 2 aliphatic heterocycles. The minimum atomic E-state index is 0. The van der Waals surface area contributed by atoms with Crippen molar-refractivity contribution in [2.45, 2.75) is 32.9 Å². The normalized spacial score (nSPS) is 18.5. The molecule has 0 saturated carbocycles. The maximum Gasteiger partial charge on any atom is 0.246 e. The Morgan fingerprint density at radius 3 is 2.87 bits per heavy atom. The van der Waals surface area contributed by atoms with Gasteiger partial charge < -0.3 is 15.1 Å². The second kappa shape index (κ2) is 10.8. The number of aryl methyl sites for hydroxylation is 1. The van der Waals surface area contributed by atoms with Gasteiger partial charge in [-0.3, -0.25) is 19.4 Å². The highest BCUT2D eigenvalue weighted by Gasteiger charge is 2.28. The van der Waals surface area contributed by atoms with E-state index in [-0.39, 0.29) is 29.9 Å². The molecule has 8 nitrogen and oxygen atoms in total. The van der Waals surface area contributed by atoms with E-state index in [1.165, 1.54) is 10.4 Å². The van der Waals surface area contributed by atoms with Gasteiger partial charge in [0.15, 0.2) is 5.96 Å². The van der Waals surface area contributed by atoms with E-state index < -0.39 is 0 Å². The molecule has 0 bridgehead atoms. The number of fused-ring (bicyclic) bond motifs is 1. The van der Waals surface area contributed by atoms with Gasteiger partial charge >= 0.3 is 0 Å². The lowest BCUT2D eigenvalue weighted by Gasteiger charge is -2.36. The number of piperazine rings is 1. The SMILES string of the molecule is CCNC(=NCC(C)N1CCc2sccc2C1)N1CCN(c2cnn(C)c2)C(=O)C1.I. The zero-order valence-electron chi connectivity index (χ0n) is 18.5. The van der Waals surface area contributed by atoms with Crippen LogP contribution in [0.4, 0.5) is 5.69 Å². The maximum atomic E-state index is 12.8. The van der Waals surface area contributed by atoms with Gasteiger partial charge in [0.25, 0.3) is 0 Å². The molecular weight excluding hydrogens is 525 g/mol. The predicted octanol–water partition coefficient (Wildman–Crippen LogP) is 2.16. The zero-order chi connectivity index (χ0) is 21.1. The molecule has 0 spiro atoms. The van der Waals surface area contributed by atoms with Gasteiger partial charge in [0.1, 0.15) is 6.54 Å². The molecule has 1 fully saturated rings. The highest BCUT2D eigenvalue weighted by molar-refractivity contribution is 14.0. The zero-order valence-corrected chi connectivity index (χ0v) is 21.6. The van der Waals surface area contributed by atoms with Crippen molar-refractivity contribution in [3.8, 4) is 0 Å². The Morgan fingerprint density at radius 1 is 1.32 bits per heavy atom. The summed E-state index contributed by atoms with van der Waals surface area (Å²) in [6.45, 7) is 9.63. The molecule has 4 rings (SSSR count). The molecule has 2 aromatic heterocycles. The first-order valence-corrected chi connectivity index (χ1v) is 11.5. The van der Waals surface area contributed by atoms with E-state index in [0.29, 0.717) is 19.1 Å². The lowest BCUT2D eigenvalue weighted by atomic mass is 10.1. The van der Waals surface area contributed by atoms with Crippen LogP contribution in [0.2, 0.25) is 0 Å². The van der Waals surface area contributed by atoms with Gasteiger partial charge in [0, 0.05) is 56.9 Å². The third kappa shape index (κ3) is 5.58. The number of aliphatic imine (C=N–C) groups is 1. The van der Waals surface area contributed by atoms with Crippen LogP contribution in [0.15, 0.2) is 28.8 Å². The number of nitrogens with one attached hydrogen (secondary N) is 1. The van der Waals surface area contributed by atoms with Crippen molar-refractivity contribution in [2.75, 3.05) is 44.2 Å². The minimum Gasteiger partial charge on any atom is -0.357 e. The standard InChI is InChI=1S/C21H31N7OS.HI/c1-4-22-21(23-11-16(2)26-7-5-19-17(13-26)6-10-30-19)27-8-9-28(20(29)15-27)18-12-24-25(3)14-18;/h6,10,12,14,16H,4-5,7-9,11,13,15H2,1-3H3,(H,22,23);1H. The number of thiophene rings is 1. The molecule has 2 aromatic rings. The molecule has 1 saturated heterocycles. The fourth-order valence-electron chi connectivity index (χ4n) is 4.08. The molecule has 1 unspecified atom stereocenters. The number of halogens is 1. The number of carbonyl (C=O) groups is 1. The van der Waals surface area contributed by atoms with Crippen LogP contribution in [-0.4, -0.2) is 76.8 Å². The molecule has 4 heterocycles. The second-order valence-corrected chi connectivity index (χ2v) is 8.97. The number of anilines is 1. The van der Waals surface area contributed by atoms with Crippen molar-refractivity contribution in [3.05, 3.63) is 34.3 Å². The summed E-state index contributed by atoms with van der Waals surface area (Å²) in [5.41, 5.74) is 2.32. The van der Waals surface area contributed by atoms with E-state index in [2.05, 4.69) is 45.5 Å². The van der Waals surface area contributed by atoms with Gasteiger partial charge in [-0.25, -0.2) is 0 Å². The lowest BCUT2D eigenvalue weighted by Crippen LogP contribution is -2.55. The summed E-state index contributed by atoms with van der Waals surface area (Å²) in [7, 11) is 1.86. The summed E-state index contributed by atoms with van der Waals surface area (Å²) < 4.78 is 1.72. The molecule has 31 heavy (non-hydrogen) atoms. The first kappa shape index (κ1) is 24.0. The molecular formula is C21H32IN7OS. The highest BCUT2D eigenvalue weighted by atomic mass is 127. The van der Waals surface area contributed by atoms with Gasteiger partial charge in [-0.05, 0) is 37.3 Å². The van der Waals surface area contributed by atoms with Crippen molar-refractivity contribution < 1.29 is 4.79 Å². The van der Waals surface area contributed by atoms with Crippen LogP contribution in [0.3, 0.4) is 0 Å². The smallest absolute Gasteiger partial charge is 0.246 e. The largest absolute Gasteiger partial charge is 0.357 e. The van der Waals surface area contributed by atoms with Crippen molar-refractivity contribution in [2.24, 2.45) is 12.0 Å². The first-order chi connectivity index (χ1) is 14.5. The Morgan fingerprint density at radius 2 is 2.16 bits per heavy atom. The Hall–Kier alpha value is -1.66. The summed E-state index contributed by atoms with van der Waals surface area (Å²) >= 11 is 1.87. The van der Waals surface area contributed by atoms with E-state index >= 15 is 0 Å². The number of rotatable bonds is 5. The number of hydrogen-bond donors (Lipinski definition) is 1. The molecule has 0 aliphatic carbocycles. The van der Waals surface area contributed by atoms with Gasteiger partial charge in [-0.15, -0.1) is 35.3 Å². The number of carbonyl (C=O) groups excluding carboxylic acids is 1. The van der Waals surface area contributed by atoms with E-state index in [1.54, 1.807) is 10.9 Å². The van der Waals surface area contributed by atoms with Crippen molar-refractivity contribution in [3.63, 3.8) is 0 Å². The van der Waals surface area contributed by atoms with Crippen molar-refractivity contribution >= 4 is 52.9 Å². The quantitative estimate of drug-likeness (QED) is 0.347. The second-order valence-electron chi connectivity index (χ2n) is 7.97. The molecule has 0 radical (unpaired) electrons. The van der Waals surface area contributed by atoms with E-state index in [9.17, 15) is 4.79 Å². The van der Waals surface area contributed by atoms with Gasteiger partial charge in [0.05, 0.1) is 18.4 Å². The third-order valence-corrected chi connectivity index (χ3v) is 6.85. The molecule has 170 valence electrons. The van der Waals surface area contributed by atoms with Gasteiger partial charge in [0.2, 0.25) is 5.91 Å². The number of guanidine groups is 1. The van der Waals surface area contributed by atoms with E-state index in [1.807, 2.05) is 29.5 Å². The fourth-order valence-corrected chi connectivity index (χ4v) is 4.97. The summed E-state index contributed by atoms with van der Waals surface area (Å²) in [5, 5.41) is 9.75. The van der Waals surface area contributed by atoms with E-state index in [4.69, 9.17) is 4.99 Å². The van der Waals surface area contributed by atoms with Gasteiger partial charge in [-0.2, -0.15) is 5.10 Å². The van der Waals surface area contributed by atoms with Crippen LogP contribution in [0.25, 0.3) is 0 Å². The summed E-state index contributed by atoms with van der Waals surface area (Å²) in [6, 6.07) is 2.61. The monoisotopic (exact) mass is 557 g/mol. The Balaban J connectivity index is 0.00000272. The summed E-state index contributed by atoms with van der Waals surface area (Å²) in [6.07, 6.45) is 4.75. The van der Waals surface area contributed by atoms with Crippen LogP contribution in [-0.2, 0) is 24.8 Å². The first-order valence-electron chi connectivity index (χ1n) is 10.7. The summed E-state index contributed by atoms with van der Waals surface area (Å²) in [5.74, 6) is 0.908. The minimum absolute atomic E-state index is 0. The predicted molar refractivity (Wildman–Crippen MR) is 136 cm³/mol. The molecule has 2 aliphatic rings. The Labute approximate surface area is 205 Å². The molecule has 10 heteroatoms. The third-order valence-electron chi connectivity index (χ3n) is 5.82. The average Bonchev–Trinajstić information content (AvgIpc) is 3.39. The van der Waals surface area contributed by atoms with Crippen LogP contribution >= 0.6 is 35.3 Å². The lowest BCUT2D eigenvalue weighted by molar-refractivity contribution is -0.120. The van der Waals surface area contributed by atoms with Crippen LogP contribution in [0, 0.1) is 0 Å². The molecule has 0 aromatic carbocycles. The molecule has 1 N–H and O–H groups in total. The number of aromatic nitrogens is 2. The highest BCUT2D eigenvalue weighted by Crippen LogP contribution is 2.25. The Bertz CT molecular complexity index is 911.